The lowest BCUT2D eigenvalue weighted by Gasteiger charge is -2.31. The van der Waals surface area contributed by atoms with Crippen LogP contribution in [0.5, 0.6) is 0 Å². The van der Waals surface area contributed by atoms with Gasteiger partial charge in [-0.15, -0.1) is 0 Å². The number of nitrogens with one attached hydrogen (secondary N) is 1. The average Bonchev–Trinajstić information content (AvgIpc) is 2.29. The molecule has 0 aliphatic heterocycles. The van der Waals surface area contributed by atoms with E-state index in [4.69, 9.17) is 4.74 Å². The number of rotatable bonds is 5. The molecule has 0 aromatic heterocycles. The van der Waals surface area contributed by atoms with Gasteiger partial charge < -0.3 is 14.8 Å². The summed E-state index contributed by atoms with van der Waals surface area (Å²) in [7, 11) is 3.37. The third-order valence-corrected chi connectivity index (χ3v) is 2.94. The quantitative estimate of drug-likeness (QED) is 0.698. The molecular weight excluding hydrogens is 194 g/mol. The molecular formula is C11H21NO3. The molecule has 2 unspecified atom stereocenters. The van der Waals surface area contributed by atoms with Crippen molar-refractivity contribution in [3.63, 3.8) is 0 Å². The Morgan fingerprint density at radius 1 is 1.40 bits per heavy atom. The Morgan fingerprint density at radius 2 is 2.13 bits per heavy atom. The van der Waals surface area contributed by atoms with Crippen molar-refractivity contribution in [2.24, 2.45) is 0 Å². The molecule has 4 nitrogen and oxygen atoms in total. The number of methoxy groups -OCH3 is 1. The van der Waals surface area contributed by atoms with Gasteiger partial charge in [0.25, 0.3) is 0 Å². The average molecular weight is 215 g/mol. The highest BCUT2D eigenvalue weighted by Gasteiger charge is 2.24. The van der Waals surface area contributed by atoms with Crippen molar-refractivity contribution >= 4 is 5.97 Å². The summed E-state index contributed by atoms with van der Waals surface area (Å²) in [6.45, 7) is 0.468. The van der Waals surface area contributed by atoms with Crippen molar-refractivity contribution in [2.75, 3.05) is 20.8 Å². The van der Waals surface area contributed by atoms with Crippen LogP contribution in [-0.4, -0.2) is 38.9 Å². The first-order chi connectivity index (χ1) is 7.27. The zero-order chi connectivity index (χ0) is 11.1. The highest BCUT2D eigenvalue weighted by atomic mass is 16.5. The molecule has 4 heteroatoms. The number of likely N-dealkylation sites (N-methyl/N-ethyl adjacent to an activating group) is 1. The maximum Gasteiger partial charge on any atom is 0.307 e. The summed E-state index contributed by atoms with van der Waals surface area (Å²) >= 11 is 0. The van der Waals surface area contributed by atoms with Crippen molar-refractivity contribution in [1.29, 1.82) is 0 Å². The second-order valence-electron chi connectivity index (χ2n) is 3.92. The van der Waals surface area contributed by atoms with E-state index >= 15 is 0 Å². The topological polar surface area (TPSA) is 47.6 Å². The Labute approximate surface area is 91.3 Å². The summed E-state index contributed by atoms with van der Waals surface area (Å²) < 4.78 is 10.3. The van der Waals surface area contributed by atoms with Crippen LogP contribution in [0.25, 0.3) is 0 Å². The fraction of sp³-hybridized carbons (Fsp3) is 0.909. The standard InChI is InChI=1S/C11H21NO3/c1-12-9-5-3-4-6-10(9)15-8-7-11(13)14-2/h9-10,12H,3-8H2,1-2H3. The summed E-state index contributed by atoms with van der Waals surface area (Å²) in [6, 6.07) is 0.441. The summed E-state index contributed by atoms with van der Waals surface area (Å²) in [4.78, 5) is 10.9. The predicted octanol–water partition coefficient (Wildman–Crippen LogP) is 1.10. The first-order valence-corrected chi connectivity index (χ1v) is 5.63. The van der Waals surface area contributed by atoms with Crippen LogP contribution in [0, 0.1) is 0 Å². The lowest BCUT2D eigenvalue weighted by atomic mass is 9.92. The first-order valence-electron chi connectivity index (χ1n) is 5.63. The van der Waals surface area contributed by atoms with Crippen molar-refractivity contribution in [1.82, 2.24) is 5.32 Å². The third kappa shape index (κ3) is 4.18. The molecule has 0 spiro atoms. The predicted molar refractivity (Wildman–Crippen MR) is 57.7 cm³/mol. The number of carbonyl (C=O) groups is 1. The lowest BCUT2D eigenvalue weighted by Crippen LogP contribution is -2.42. The Morgan fingerprint density at radius 3 is 2.80 bits per heavy atom. The molecule has 0 radical (unpaired) electrons. The van der Waals surface area contributed by atoms with Gasteiger partial charge in [-0.05, 0) is 19.9 Å². The van der Waals surface area contributed by atoms with E-state index in [1.807, 2.05) is 7.05 Å². The highest BCUT2D eigenvalue weighted by Crippen LogP contribution is 2.21. The van der Waals surface area contributed by atoms with Gasteiger partial charge in [0.15, 0.2) is 0 Å². The molecule has 1 rings (SSSR count). The molecule has 1 fully saturated rings. The maximum atomic E-state index is 10.9. The monoisotopic (exact) mass is 215 g/mol. The van der Waals surface area contributed by atoms with Gasteiger partial charge in [0.05, 0.1) is 26.2 Å². The van der Waals surface area contributed by atoms with Crippen molar-refractivity contribution in [3.05, 3.63) is 0 Å². The number of esters is 1. The normalized spacial score (nSPS) is 26.3. The smallest absolute Gasteiger partial charge is 0.307 e. The van der Waals surface area contributed by atoms with Gasteiger partial charge >= 0.3 is 5.97 Å². The van der Waals surface area contributed by atoms with E-state index < -0.39 is 0 Å². The van der Waals surface area contributed by atoms with Crippen LogP contribution in [0.1, 0.15) is 32.1 Å². The van der Waals surface area contributed by atoms with Gasteiger partial charge in [0.2, 0.25) is 0 Å². The summed E-state index contributed by atoms with van der Waals surface area (Å²) in [5.74, 6) is -0.202. The number of carbonyl (C=O) groups excluding carboxylic acids is 1. The molecule has 2 atom stereocenters. The van der Waals surface area contributed by atoms with Gasteiger partial charge in [0.1, 0.15) is 0 Å². The van der Waals surface area contributed by atoms with Crippen molar-refractivity contribution in [2.45, 2.75) is 44.2 Å². The Hall–Kier alpha value is -0.610. The van der Waals surface area contributed by atoms with Crippen LogP contribution in [0.3, 0.4) is 0 Å². The second kappa shape index (κ2) is 6.80. The van der Waals surface area contributed by atoms with E-state index in [-0.39, 0.29) is 12.1 Å². The van der Waals surface area contributed by atoms with Crippen LogP contribution in [-0.2, 0) is 14.3 Å². The van der Waals surface area contributed by atoms with E-state index in [0.717, 1.165) is 6.42 Å². The fourth-order valence-electron chi connectivity index (χ4n) is 2.02. The van der Waals surface area contributed by atoms with Crippen molar-refractivity contribution < 1.29 is 14.3 Å². The van der Waals surface area contributed by atoms with Gasteiger partial charge in [-0.2, -0.15) is 0 Å². The SMILES string of the molecule is CNC1CCCCC1OCCC(=O)OC. The zero-order valence-corrected chi connectivity index (χ0v) is 9.62. The Balaban J connectivity index is 2.20. The molecule has 0 bridgehead atoms. The first kappa shape index (κ1) is 12.5. The third-order valence-electron chi connectivity index (χ3n) is 2.94. The molecule has 1 aliphatic rings. The number of hydrogen-bond donors (Lipinski definition) is 1. The van der Waals surface area contributed by atoms with Gasteiger partial charge in [-0.25, -0.2) is 0 Å². The fourth-order valence-corrected chi connectivity index (χ4v) is 2.02. The molecule has 1 N–H and O–H groups in total. The molecule has 0 saturated heterocycles. The highest BCUT2D eigenvalue weighted by molar-refractivity contribution is 5.69. The molecule has 1 saturated carbocycles. The largest absolute Gasteiger partial charge is 0.469 e. The van der Waals surface area contributed by atoms with Crippen LogP contribution in [0.15, 0.2) is 0 Å². The van der Waals surface area contributed by atoms with Gasteiger partial charge in [-0.3, -0.25) is 4.79 Å². The maximum absolute atomic E-state index is 10.9. The lowest BCUT2D eigenvalue weighted by molar-refractivity contribution is -0.142. The van der Waals surface area contributed by atoms with E-state index in [9.17, 15) is 4.79 Å². The van der Waals surface area contributed by atoms with Gasteiger partial charge in [-0.1, -0.05) is 12.8 Å². The minimum Gasteiger partial charge on any atom is -0.469 e. The Kier molecular flexibility index (Phi) is 5.65. The minimum atomic E-state index is -0.202. The van der Waals surface area contributed by atoms with E-state index in [0.29, 0.717) is 19.1 Å². The van der Waals surface area contributed by atoms with Crippen LogP contribution in [0.2, 0.25) is 0 Å². The summed E-state index contributed by atoms with van der Waals surface area (Å²) in [6.07, 6.45) is 5.35. The summed E-state index contributed by atoms with van der Waals surface area (Å²) in [5, 5.41) is 3.26. The van der Waals surface area contributed by atoms with Crippen LogP contribution >= 0.6 is 0 Å². The van der Waals surface area contributed by atoms with Crippen LogP contribution < -0.4 is 5.32 Å². The molecule has 0 amide bonds. The number of ether oxygens (including phenoxy) is 2. The van der Waals surface area contributed by atoms with Crippen LogP contribution in [0.4, 0.5) is 0 Å². The van der Waals surface area contributed by atoms with E-state index in [2.05, 4.69) is 10.1 Å². The molecule has 0 aromatic rings. The molecule has 1 aliphatic carbocycles. The minimum absolute atomic E-state index is 0.202. The van der Waals surface area contributed by atoms with E-state index in [1.54, 1.807) is 0 Å². The Bertz CT molecular complexity index is 196. The van der Waals surface area contributed by atoms with E-state index in [1.165, 1.54) is 26.4 Å². The molecule has 15 heavy (non-hydrogen) atoms. The molecule has 88 valence electrons. The molecule has 0 aromatic carbocycles. The van der Waals surface area contributed by atoms with Gasteiger partial charge in [0, 0.05) is 6.04 Å². The number of hydrogen-bond acceptors (Lipinski definition) is 4. The summed E-state index contributed by atoms with van der Waals surface area (Å²) in [5.41, 5.74) is 0. The second-order valence-corrected chi connectivity index (χ2v) is 3.92. The van der Waals surface area contributed by atoms with Crippen molar-refractivity contribution in [3.8, 4) is 0 Å². The zero-order valence-electron chi connectivity index (χ0n) is 9.62. The molecule has 0 heterocycles.